The third kappa shape index (κ3) is 5.61. The van der Waals surface area contributed by atoms with E-state index in [0.717, 1.165) is 41.2 Å². The van der Waals surface area contributed by atoms with Gasteiger partial charge in [0.2, 0.25) is 0 Å². The second kappa shape index (κ2) is 10.5. The normalized spacial score (nSPS) is 12.6. The van der Waals surface area contributed by atoms with Gasteiger partial charge < -0.3 is 24.7 Å². The van der Waals surface area contributed by atoms with Crippen molar-refractivity contribution in [1.82, 2.24) is 25.4 Å². The summed E-state index contributed by atoms with van der Waals surface area (Å²) in [5, 5.41) is 15.0. The van der Waals surface area contributed by atoms with Gasteiger partial charge in [0.1, 0.15) is 12.4 Å². The summed E-state index contributed by atoms with van der Waals surface area (Å²) in [7, 11) is 1.94. The minimum Gasteiger partial charge on any atom is -0.490 e. The highest BCUT2D eigenvalue weighted by Gasteiger charge is 2.13. The molecule has 0 saturated carbocycles. The SMILES string of the molecule is CCNC(=NCc1nnc(C)n1C)NC(C)c1ccc(OCC)c(OCC)c1. The van der Waals surface area contributed by atoms with E-state index in [0.29, 0.717) is 19.8 Å². The van der Waals surface area contributed by atoms with Crippen molar-refractivity contribution < 1.29 is 9.47 Å². The van der Waals surface area contributed by atoms with E-state index in [9.17, 15) is 0 Å². The molecule has 154 valence electrons. The summed E-state index contributed by atoms with van der Waals surface area (Å²) in [4.78, 5) is 4.64. The summed E-state index contributed by atoms with van der Waals surface area (Å²) >= 11 is 0. The zero-order chi connectivity index (χ0) is 20.5. The van der Waals surface area contributed by atoms with Crippen LogP contribution in [-0.2, 0) is 13.6 Å². The first-order chi connectivity index (χ1) is 13.5. The van der Waals surface area contributed by atoms with Crippen molar-refractivity contribution in [2.24, 2.45) is 12.0 Å². The summed E-state index contributed by atoms with van der Waals surface area (Å²) in [5.74, 6) is 3.93. The van der Waals surface area contributed by atoms with Gasteiger partial charge in [-0.1, -0.05) is 6.07 Å². The number of nitrogens with one attached hydrogen (secondary N) is 2. The molecular formula is C20H32N6O2. The number of hydrogen-bond acceptors (Lipinski definition) is 5. The van der Waals surface area contributed by atoms with Crippen LogP contribution in [0.15, 0.2) is 23.2 Å². The maximum Gasteiger partial charge on any atom is 0.192 e. The van der Waals surface area contributed by atoms with Crippen molar-refractivity contribution in [2.45, 2.75) is 47.2 Å². The highest BCUT2D eigenvalue weighted by atomic mass is 16.5. The van der Waals surface area contributed by atoms with E-state index < -0.39 is 0 Å². The Morgan fingerprint density at radius 1 is 1.14 bits per heavy atom. The molecule has 1 heterocycles. The molecule has 0 fully saturated rings. The van der Waals surface area contributed by atoms with E-state index in [1.165, 1.54) is 0 Å². The fourth-order valence-electron chi connectivity index (χ4n) is 2.68. The molecule has 2 rings (SSSR count). The van der Waals surface area contributed by atoms with Crippen molar-refractivity contribution in [1.29, 1.82) is 0 Å². The molecule has 2 aromatic rings. The van der Waals surface area contributed by atoms with Crippen LogP contribution in [0.2, 0.25) is 0 Å². The van der Waals surface area contributed by atoms with E-state index in [4.69, 9.17) is 9.47 Å². The molecule has 8 nitrogen and oxygen atoms in total. The largest absolute Gasteiger partial charge is 0.490 e. The van der Waals surface area contributed by atoms with E-state index in [-0.39, 0.29) is 6.04 Å². The first-order valence-electron chi connectivity index (χ1n) is 9.79. The van der Waals surface area contributed by atoms with Crippen LogP contribution in [0.25, 0.3) is 0 Å². The van der Waals surface area contributed by atoms with E-state index >= 15 is 0 Å². The molecule has 0 aliphatic carbocycles. The quantitative estimate of drug-likeness (QED) is 0.507. The molecule has 0 saturated heterocycles. The van der Waals surface area contributed by atoms with Crippen LogP contribution >= 0.6 is 0 Å². The number of benzene rings is 1. The Bertz CT molecular complexity index is 787. The second-order valence-corrected chi connectivity index (χ2v) is 6.36. The number of guanidine groups is 1. The van der Waals surface area contributed by atoms with Crippen molar-refractivity contribution in [3.05, 3.63) is 35.4 Å². The first kappa shape index (κ1) is 21.5. The second-order valence-electron chi connectivity index (χ2n) is 6.36. The Hall–Kier alpha value is -2.77. The zero-order valence-electron chi connectivity index (χ0n) is 17.7. The number of nitrogens with zero attached hydrogens (tertiary/aromatic N) is 4. The Morgan fingerprint density at radius 3 is 2.46 bits per heavy atom. The van der Waals surface area contributed by atoms with Crippen LogP contribution in [0.4, 0.5) is 0 Å². The van der Waals surface area contributed by atoms with E-state index in [1.807, 2.05) is 57.5 Å². The maximum atomic E-state index is 5.74. The van der Waals surface area contributed by atoms with Crippen LogP contribution in [0.5, 0.6) is 11.5 Å². The minimum absolute atomic E-state index is 0.0360. The molecule has 0 bridgehead atoms. The van der Waals surface area contributed by atoms with Gasteiger partial charge in [-0.25, -0.2) is 4.99 Å². The molecule has 1 aromatic carbocycles. The monoisotopic (exact) mass is 388 g/mol. The fourth-order valence-corrected chi connectivity index (χ4v) is 2.68. The van der Waals surface area contributed by atoms with Gasteiger partial charge in [-0.3, -0.25) is 0 Å². The minimum atomic E-state index is 0.0360. The fraction of sp³-hybridized carbons (Fsp3) is 0.550. The molecule has 0 aliphatic heterocycles. The summed E-state index contributed by atoms with van der Waals surface area (Å²) in [6, 6.07) is 6.05. The number of aromatic nitrogens is 3. The van der Waals surface area contributed by atoms with E-state index in [1.54, 1.807) is 0 Å². The molecule has 1 aromatic heterocycles. The Kier molecular flexibility index (Phi) is 8.10. The van der Waals surface area contributed by atoms with Crippen molar-refractivity contribution in [3.63, 3.8) is 0 Å². The smallest absolute Gasteiger partial charge is 0.192 e. The first-order valence-corrected chi connectivity index (χ1v) is 9.79. The molecule has 2 N–H and O–H groups in total. The average molecular weight is 389 g/mol. The van der Waals surface area contributed by atoms with Crippen molar-refractivity contribution >= 4 is 5.96 Å². The van der Waals surface area contributed by atoms with Gasteiger partial charge in [-0.05, 0) is 52.3 Å². The number of rotatable bonds is 9. The lowest BCUT2D eigenvalue weighted by atomic mass is 10.1. The van der Waals surface area contributed by atoms with Gasteiger partial charge >= 0.3 is 0 Å². The van der Waals surface area contributed by atoms with Crippen LogP contribution in [0.1, 0.15) is 50.9 Å². The molecule has 28 heavy (non-hydrogen) atoms. The van der Waals surface area contributed by atoms with Gasteiger partial charge in [0.15, 0.2) is 23.3 Å². The maximum absolute atomic E-state index is 5.74. The number of hydrogen-bond donors (Lipinski definition) is 2. The Balaban J connectivity index is 2.14. The Labute approximate surface area is 167 Å². The van der Waals surface area contributed by atoms with Gasteiger partial charge in [-0.15, -0.1) is 10.2 Å². The van der Waals surface area contributed by atoms with Crippen molar-refractivity contribution in [3.8, 4) is 11.5 Å². The third-order valence-electron chi connectivity index (χ3n) is 4.33. The Morgan fingerprint density at radius 2 is 1.86 bits per heavy atom. The zero-order valence-corrected chi connectivity index (χ0v) is 17.7. The number of aryl methyl sites for hydroxylation is 1. The predicted molar refractivity (Wildman–Crippen MR) is 111 cm³/mol. The molecule has 0 aliphatic rings. The number of aliphatic imine (C=N–C) groups is 1. The molecule has 1 unspecified atom stereocenters. The summed E-state index contributed by atoms with van der Waals surface area (Å²) in [6.07, 6.45) is 0. The predicted octanol–water partition coefficient (Wildman–Crippen LogP) is 2.74. The van der Waals surface area contributed by atoms with Crippen LogP contribution in [-0.4, -0.2) is 40.5 Å². The van der Waals surface area contributed by atoms with Gasteiger partial charge in [0.25, 0.3) is 0 Å². The summed E-state index contributed by atoms with van der Waals surface area (Å²) < 4.78 is 13.3. The molecule has 1 atom stereocenters. The molecule has 0 spiro atoms. The average Bonchev–Trinajstić information content (AvgIpc) is 3.00. The van der Waals surface area contributed by atoms with Gasteiger partial charge in [0.05, 0.1) is 19.3 Å². The lowest BCUT2D eigenvalue weighted by molar-refractivity contribution is 0.287. The van der Waals surface area contributed by atoms with Crippen LogP contribution in [0.3, 0.4) is 0 Å². The molecule has 8 heteroatoms. The van der Waals surface area contributed by atoms with Gasteiger partial charge in [-0.2, -0.15) is 0 Å². The molecule has 0 radical (unpaired) electrons. The van der Waals surface area contributed by atoms with Crippen LogP contribution in [0, 0.1) is 6.92 Å². The molecular weight excluding hydrogens is 356 g/mol. The van der Waals surface area contributed by atoms with Crippen molar-refractivity contribution in [2.75, 3.05) is 19.8 Å². The molecule has 0 amide bonds. The van der Waals surface area contributed by atoms with E-state index in [2.05, 4.69) is 32.7 Å². The summed E-state index contributed by atoms with van der Waals surface area (Å²) in [5.41, 5.74) is 1.09. The van der Waals surface area contributed by atoms with Gasteiger partial charge in [0, 0.05) is 13.6 Å². The lowest BCUT2D eigenvalue weighted by Crippen LogP contribution is -2.38. The topological polar surface area (TPSA) is 85.6 Å². The standard InChI is InChI=1S/C20H32N6O2/c1-7-21-20(22-13-19-25-24-15(5)26(19)6)23-14(4)16-10-11-17(27-8-2)18(12-16)28-9-3/h10-12,14H,7-9,13H2,1-6H3,(H2,21,22,23). The highest BCUT2D eigenvalue weighted by Crippen LogP contribution is 2.30. The third-order valence-corrected chi connectivity index (χ3v) is 4.33. The lowest BCUT2D eigenvalue weighted by Gasteiger charge is -2.20. The van der Waals surface area contributed by atoms with Crippen LogP contribution < -0.4 is 20.1 Å². The highest BCUT2D eigenvalue weighted by molar-refractivity contribution is 5.80. The number of ether oxygens (including phenoxy) is 2. The summed E-state index contributed by atoms with van der Waals surface area (Å²) in [6.45, 7) is 12.4.